The van der Waals surface area contributed by atoms with E-state index < -0.39 is 5.54 Å². The minimum atomic E-state index is -0.802. The van der Waals surface area contributed by atoms with Crippen molar-refractivity contribution in [2.24, 2.45) is 5.73 Å². The lowest BCUT2D eigenvalue weighted by molar-refractivity contribution is -0.143. The molecule has 5 nitrogen and oxygen atoms in total. The van der Waals surface area contributed by atoms with Crippen molar-refractivity contribution in [3.63, 3.8) is 0 Å². The van der Waals surface area contributed by atoms with Gasteiger partial charge in [-0.05, 0) is 37.8 Å². The Kier molecular flexibility index (Phi) is 7.23. The zero-order valence-electron chi connectivity index (χ0n) is 13.9. The first kappa shape index (κ1) is 20.6. The molecule has 2 fully saturated rings. The predicted molar refractivity (Wildman–Crippen MR) is 101 cm³/mol. The third kappa shape index (κ3) is 4.92. The van der Waals surface area contributed by atoms with Crippen LogP contribution in [-0.4, -0.2) is 48.8 Å². The van der Waals surface area contributed by atoms with Gasteiger partial charge in [-0.2, -0.15) is 0 Å². The standard InChI is InChI=1S/C17H22Cl2N2O3.ClH/c18-14-4-3-12(10-15(14)19)24-13-2-1-7-21(11-13)16(22)17(20)5-8-23-9-6-17;/h3-4,10,13H,1-2,5-9,11,20H2;1H. The van der Waals surface area contributed by atoms with Gasteiger partial charge in [-0.15, -0.1) is 12.4 Å². The van der Waals surface area contributed by atoms with Gasteiger partial charge in [0.2, 0.25) is 5.91 Å². The fourth-order valence-corrected chi connectivity index (χ4v) is 3.51. The third-order valence-corrected chi connectivity index (χ3v) is 5.41. The number of halogens is 3. The number of ether oxygens (including phenoxy) is 2. The molecule has 1 atom stereocenters. The summed E-state index contributed by atoms with van der Waals surface area (Å²) >= 11 is 12.0. The fraction of sp³-hybridized carbons (Fsp3) is 0.588. The highest BCUT2D eigenvalue weighted by Gasteiger charge is 2.40. The van der Waals surface area contributed by atoms with Gasteiger partial charge in [-0.25, -0.2) is 0 Å². The molecule has 8 heteroatoms. The van der Waals surface area contributed by atoms with Crippen LogP contribution in [0, 0.1) is 0 Å². The van der Waals surface area contributed by atoms with Crippen LogP contribution in [0.25, 0.3) is 0 Å². The lowest BCUT2D eigenvalue weighted by Gasteiger charge is -2.40. The van der Waals surface area contributed by atoms with E-state index in [1.54, 1.807) is 18.2 Å². The number of rotatable bonds is 3. The number of benzene rings is 1. The molecular weight excluding hydrogens is 387 g/mol. The number of nitrogens with two attached hydrogens (primary N) is 1. The minimum Gasteiger partial charge on any atom is -0.489 e. The number of carbonyl (C=O) groups excluding carboxylic acids is 1. The first-order valence-electron chi connectivity index (χ1n) is 8.26. The lowest BCUT2D eigenvalue weighted by Crippen LogP contribution is -2.60. The summed E-state index contributed by atoms with van der Waals surface area (Å²) in [6.07, 6.45) is 2.86. The topological polar surface area (TPSA) is 64.8 Å². The van der Waals surface area contributed by atoms with E-state index in [0.717, 1.165) is 19.4 Å². The first-order valence-corrected chi connectivity index (χ1v) is 9.01. The third-order valence-electron chi connectivity index (χ3n) is 4.67. The molecule has 0 aromatic heterocycles. The summed E-state index contributed by atoms with van der Waals surface area (Å²) in [5.74, 6) is 0.672. The van der Waals surface area contributed by atoms with E-state index in [-0.39, 0.29) is 24.4 Å². The summed E-state index contributed by atoms with van der Waals surface area (Å²) in [6, 6.07) is 5.20. The summed E-state index contributed by atoms with van der Waals surface area (Å²) in [6.45, 7) is 2.34. The van der Waals surface area contributed by atoms with Crippen molar-refractivity contribution >= 4 is 41.5 Å². The quantitative estimate of drug-likeness (QED) is 0.832. The predicted octanol–water partition coefficient (Wildman–Crippen LogP) is 3.29. The van der Waals surface area contributed by atoms with E-state index in [1.807, 2.05) is 4.90 Å². The zero-order chi connectivity index (χ0) is 17.2. The molecular formula is C17H23Cl3N2O3. The Hall–Kier alpha value is -0.720. The summed E-state index contributed by atoms with van der Waals surface area (Å²) < 4.78 is 11.3. The molecule has 25 heavy (non-hydrogen) atoms. The number of nitrogens with zero attached hydrogens (tertiary/aromatic N) is 1. The van der Waals surface area contributed by atoms with E-state index in [0.29, 0.717) is 48.4 Å². The Morgan fingerprint density at radius 1 is 1.28 bits per heavy atom. The Morgan fingerprint density at radius 2 is 2.00 bits per heavy atom. The maximum atomic E-state index is 12.8. The van der Waals surface area contributed by atoms with Gasteiger partial charge in [-0.3, -0.25) is 4.79 Å². The van der Waals surface area contributed by atoms with Crippen molar-refractivity contribution in [2.75, 3.05) is 26.3 Å². The van der Waals surface area contributed by atoms with Crippen LogP contribution in [0.4, 0.5) is 0 Å². The SMILES string of the molecule is Cl.NC1(C(=O)N2CCCC(Oc3ccc(Cl)c(Cl)c3)C2)CCOCC1. The van der Waals surface area contributed by atoms with Crippen LogP contribution in [0.2, 0.25) is 10.0 Å². The van der Waals surface area contributed by atoms with Gasteiger partial charge in [0.25, 0.3) is 0 Å². The second kappa shape index (κ2) is 8.78. The number of carbonyl (C=O) groups is 1. The van der Waals surface area contributed by atoms with Crippen LogP contribution in [0.3, 0.4) is 0 Å². The van der Waals surface area contributed by atoms with Crippen molar-refractivity contribution in [3.8, 4) is 5.75 Å². The Balaban J connectivity index is 0.00000225. The van der Waals surface area contributed by atoms with E-state index in [9.17, 15) is 4.79 Å². The number of piperidine rings is 1. The molecule has 0 aliphatic carbocycles. The second-order valence-corrected chi connectivity index (χ2v) is 7.29. The van der Waals surface area contributed by atoms with E-state index in [4.69, 9.17) is 38.4 Å². The van der Waals surface area contributed by atoms with Crippen LogP contribution in [0.15, 0.2) is 18.2 Å². The molecule has 2 aliphatic heterocycles. The van der Waals surface area contributed by atoms with Crippen molar-refractivity contribution in [3.05, 3.63) is 28.2 Å². The molecule has 140 valence electrons. The minimum absolute atomic E-state index is 0. The van der Waals surface area contributed by atoms with Gasteiger partial charge in [-0.1, -0.05) is 23.2 Å². The molecule has 0 spiro atoms. The fourth-order valence-electron chi connectivity index (χ4n) is 3.23. The molecule has 1 aromatic carbocycles. The van der Waals surface area contributed by atoms with Crippen LogP contribution < -0.4 is 10.5 Å². The highest BCUT2D eigenvalue weighted by atomic mass is 35.5. The van der Waals surface area contributed by atoms with Gasteiger partial charge in [0, 0.05) is 25.8 Å². The Bertz CT molecular complexity index is 609. The van der Waals surface area contributed by atoms with Gasteiger partial charge >= 0.3 is 0 Å². The van der Waals surface area contributed by atoms with Gasteiger partial charge in [0.1, 0.15) is 11.9 Å². The number of amides is 1. The van der Waals surface area contributed by atoms with E-state index in [2.05, 4.69) is 0 Å². The molecule has 0 saturated carbocycles. The van der Waals surface area contributed by atoms with Gasteiger partial charge < -0.3 is 20.1 Å². The van der Waals surface area contributed by atoms with Gasteiger partial charge in [0.05, 0.1) is 22.1 Å². The molecule has 0 radical (unpaired) electrons. The summed E-state index contributed by atoms with van der Waals surface area (Å²) in [4.78, 5) is 14.7. The van der Waals surface area contributed by atoms with Crippen molar-refractivity contribution in [1.29, 1.82) is 0 Å². The van der Waals surface area contributed by atoms with Crippen LogP contribution in [-0.2, 0) is 9.53 Å². The normalized spacial score (nSPS) is 22.8. The van der Waals surface area contributed by atoms with E-state index >= 15 is 0 Å². The molecule has 2 heterocycles. The monoisotopic (exact) mass is 408 g/mol. The van der Waals surface area contributed by atoms with Crippen LogP contribution in [0.1, 0.15) is 25.7 Å². The number of hydrogen-bond donors (Lipinski definition) is 1. The number of hydrogen-bond acceptors (Lipinski definition) is 4. The maximum absolute atomic E-state index is 12.8. The molecule has 1 unspecified atom stereocenters. The van der Waals surface area contributed by atoms with Crippen LogP contribution in [0.5, 0.6) is 5.75 Å². The molecule has 3 rings (SSSR count). The average Bonchev–Trinajstić information content (AvgIpc) is 2.58. The highest BCUT2D eigenvalue weighted by Crippen LogP contribution is 2.29. The first-order chi connectivity index (χ1) is 11.5. The second-order valence-electron chi connectivity index (χ2n) is 6.48. The van der Waals surface area contributed by atoms with Crippen molar-refractivity contribution in [1.82, 2.24) is 4.90 Å². The molecule has 2 N–H and O–H groups in total. The largest absolute Gasteiger partial charge is 0.489 e. The molecule has 0 bridgehead atoms. The van der Waals surface area contributed by atoms with Crippen molar-refractivity contribution in [2.45, 2.75) is 37.3 Å². The van der Waals surface area contributed by atoms with E-state index in [1.165, 1.54) is 0 Å². The highest BCUT2D eigenvalue weighted by molar-refractivity contribution is 6.42. The van der Waals surface area contributed by atoms with Crippen molar-refractivity contribution < 1.29 is 14.3 Å². The Labute approximate surface area is 164 Å². The summed E-state index contributed by atoms with van der Waals surface area (Å²) in [5, 5.41) is 0.954. The average molecular weight is 410 g/mol. The summed E-state index contributed by atoms with van der Waals surface area (Å²) in [7, 11) is 0. The molecule has 1 amide bonds. The lowest BCUT2D eigenvalue weighted by atomic mass is 9.89. The molecule has 1 aromatic rings. The molecule has 2 aliphatic rings. The zero-order valence-corrected chi connectivity index (χ0v) is 16.2. The van der Waals surface area contributed by atoms with Crippen LogP contribution >= 0.6 is 35.6 Å². The number of likely N-dealkylation sites (tertiary alicyclic amines) is 1. The molecule has 2 saturated heterocycles. The van der Waals surface area contributed by atoms with Gasteiger partial charge in [0.15, 0.2) is 0 Å². The summed E-state index contributed by atoms with van der Waals surface area (Å²) in [5.41, 5.74) is 5.52. The maximum Gasteiger partial charge on any atom is 0.242 e. The smallest absolute Gasteiger partial charge is 0.242 e. The Morgan fingerprint density at radius 3 is 2.68 bits per heavy atom.